The van der Waals surface area contributed by atoms with E-state index >= 15 is 0 Å². The van der Waals surface area contributed by atoms with Crippen molar-refractivity contribution < 1.29 is 8.42 Å². The zero-order valence-corrected chi connectivity index (χ0v) is 14.2. The Balaban J connectivity index is 1.99. The van der Waals surface area contributed by atoms with E-state index in [0.717, 1.165) is 23.0 Å². The maximum absolute atomic E-state index is 12.8. The fourth-order valence-electron chi connectivity index (χ4n) is 2.51. The fraction of sp³-hybridized carbons (Fsp3) is 0.235. The Labute approximate surface area is 136 Å². The lowest BCUT2D eigenvalue weighted by molar-refractivity contribution is 0.594. The predicted molar refractivity (Wildman–Crippen MR) is 92.1 cm³/mol. The van der Waals surface area contributed by atoms with Gasteiger partial charge in [0.25, 0.3) is 10.0 Å². The normalized spacial score (nSPS) is 11.8. The molecule has 0 atom stereocenters. The van der Waals surface area contributed by atoms with Crippen molar-refractivity contribution >= 4 is 26.7 Å². The molecule has 0 aliphatic heterocycles. The van der Waals surface area contributed by atoms with E-state index in [0.29, 0.717) is 10.6 Å². The van der Waals surface area contributed by atoms with Crippen LogP contribution in [-0.2, 0) is 23.5 Å². The van der Waals surface area contributed by atoms with Crippen LogP contribution in [0.4, 0.5) is 5.69 Å². The van der Waals surface area contributed by atoms with Gasteiger partial charge in [-0.2, -0.15) is 0 Å². The average Bonchev–Trinajstić information content (AvgIpc) is 2.94. The van der Waals surface area contributed by atoms with Gasteiger partial charge in [-0.1, -0.05) is 19.1 Å². The Morgan fingerprint density at radius 2 is 1.83 bits per heavy atom. The fourth-order valence-corrected chi connectivity index (χ4v) is 3.70. The minimum absolute atomic E-state index is 0.290. The molecular formula is C17H19N3O2S. The van der Waals surface area contributed by atoms with Gasteiger partial charge >= 0.3 is 0 Å². The molecular weight excluding hydrogens is 310 g/mol. The van der Waals surface area contributed by atoms with Crippen molar-refractivity contribution in [3.05, 3.63) is 54.4 Å². The van der Waals surface area contributed by atoms with Crippen LogP contribution < -0.4 is 4.31 Å². The molecule has 2 aromatic carbocycles. The van der Waals surface area contributed by atoms with Gasteiger partial charge in [0.05, 0.1) is 27.9 Å². The monoisotopic (exact) mass is 329 g/mol. The van der Waals surface area contributed by atoms with E-state index in [2.05, 4.69) is 4.98 Å². The Morgan fingerprint density at radius 3 is 2.48 bits per heavy atom. The lowest BCUT2D eigenvalue weighted by Crippen LogP contribution is -2.26. The maximum atomic E-state index is 12.8. The van der Waals surface area contributed by atoms with Crippen molar-refractivity contribution in [3.63, 3.8) is 0 Å². The highest BCUT2D eigenvalue weighted by atomic mass is 32.2. The number of sulfonamides is 1. The highest BCUT2D eigenvalue weighted by molar-refractivity contribution is 7.92. The standard InChI is InChI=1S/C17H19N3O2S/c1-4-13-5-8-15(9-6-13)23(21,22)20(3)14-7-10-17-16(11-14)18-12-19(17)2/h5-12H,4H2,1-3H3. The molecule has 120 valence electrons. The van der Waals surface area contributed by atoms with Crippen LogP contribution in [0.5, 0.6) is 0 Å². The number of benzene rings is 2. The summed E-state index contributed by atoms with van der Waals surface area (Å²) < 4.78 is 28.7. The zero-order valence-electron chi connectivity index (χ0n) is 13.4. The molecule has 0 spiro atoms. The van der Waals surface area contributed by atoms with Crippen LogP contribution in [0.25, 0.3) is 11.0 Å². The Morgan fingerprint density at radius 1 is 1.13 bits per heavy atom. The molecule has 0 saturated carbocycles. The van der Waals surface area contributed by atoms with E-state index in [9.17, 15) is 8.42 Å². The number of hydrogen-bond donors (Lipinski definition) is 0. The first-order valence-electron chi connectivity index (χ1n) is 7.42. The first-order valence-corrected chi connectivity index (χ1v) is 8.86. The first-order chi connectivity index (χ1) is 10.9. The summed E-state index contributed by atoms with van der Waals surface area (Å²) in [4.78, 5) is 4.57. The minimum Gasteiger partial charge on any atom is -0.334 e. The predicted octanol–water partition coefficient (Wildman–Crippen LogP) is 2.96. The number of hydrogen-bond acceptors (Lipinski definition) is 3. The van der Waals surface area contributed by atoms with Gasteiger partial charge in [0.15, 0.2) is 0 Å². The number of aromatic nitrogens is 2. The number of fused-ring (bicyclic) bond motifs is 1. The van der Waals surface area contributed by atoms with Crippen molar-refractivity contribution in [2.45, 2.75) is 18.2 Å². The van der Waals surface area contributed by atoms with Crippen LogP contribution >= 0.6 is 0 Å². The molecule has 0 aliphatic rings. The summed E-state index contributed by atoms with van der Waals surface area (Å²) in [6, 6.07) is 12.5. The molecule has 0 aliphatic carbocycles. The Kier molecular flexibility index (Phi) is 3.85. The summed E-state index contributed by atoms with van der Waals surface area (Å²) in [5.74, 6) is 0. The van der Waals surface area contributed by atoms with Crippen molar-refractivity contribution in [1.82, 2.24) is 9.55 Å². The molecule has 3 aromatic rings. The second-order valence-electron chi connectivity index (χ2n) is 5.50. The summed E-state index contributed by atoms with van der Waals surface area (Å²) in [6.07, 6.45) is 2.60. The molecule has 0 saturated heterocycles. The molecule has 1 heterocycles. The molecule has 0 radical (unpaired) electrons. The summed E-state index contributed by atoms with van der Waals surface area (Å²) in [5, 5.41) is 0. The van der Waals surface area contributed by atoms with E-state index in [1.807, 2.05) is 36.7 Å². The van der Waals surface area contributed by atoms with Gasteiger partial charge < -0.3 is 4.57 Å². The van der Waals surface area contributed by atoms with Crippen molar-refractivity contribution in [2.24, 2.45) is 7.05 Å². The maximum Gasteiger partial charge on any atom is 0.264 e. The third-order valence-corrected chi connectivity index (χ3v) is 5.86. The van der Waals surface area contributed by atoms with Gasteiger partial charge in [-0.15, -0.1) is 0 Å². The minimum atomic E-state index is -3.58. The molecule has 3 rings (SSSR count). The SMILES string of the molecule is CCc1ccc(S(=O)(=O)N(C)c2ccc3c(c2)ncn3C)cc1. The average molecular weight is 329 g/mol. The Hall–Kier alpha value is -2.34. The van der Waals surface area contributed by atoms with E-state index in [1.54, 1.807) is 37.6 Å². The van der Waals surface area contributed by atoms with Gasteiger partial charge in [-0.05, 0) is 42.3 Å². The van der Waals surface area contributed by atoms with Gasteiger partial charge in [0, 0.05) is 14.1 Å². The molecule has 1 aromatic heterocycles. The molecule has 6 heteroatoms. The molecule has 0 N–H and O–H groups in total. The van der Waals surface area contributed by atoms with Gasteiger partial charge in [0.2, 0.25) is 0 Å². The third kappa shape index (κ3) is 2.70. The number of rotatable bonds is 4. The van der Waals surface area contributed by atoms with Crippen molar-refractivity contribution in [1.29, 1.82) is 0 Å². The van der Waals surface area contributed by atoms with E-state index in [4.69, 9.17) is 0 Å². The summed E-state index contributed by atoms with van der Waals surface area (Å²) in [7, 11) is -0.110. The second kappa shape index (κ2) is 5.70. The van der Waals surface area contributed by atoms with Gasteiger partial charge in [-0.3, -0.25) is 4.31 Å². The number of nitrogens with zero attached hydrogens (tertiary/aromatic N) is 3. The van der Waals surface area contributed by atoms with Gasteiger partial charge in [-0.25, -0.2) is 13.4 Å². The molecule has 5 nitrogen and oxygen atoms in total. The van der Waals surface area contributed by atoms with Crippen LogP contribution in [0, 0.1) is 0 Å². The second-order valence-corrected chi connectivity index (χ2v) is 7.47. The van der Waals surface area contributed by atoms with Crippen LogP contribution in [0.2, 0.25) is 0 Å². The van der Waals surface area contributed by atoms with E-state index in [-0.39, 0.29) is 0 Å². The molecule has 0 unspecified atom stereocenters. The van der Waals surface area contributed by atoms with E-state index < -0.39 is 10.0 Å². The summed E-state index contributed by atoms with van der Waals surface area (Å²) >= 11 is 0. The quantitative estimate of drug-likeness (QED) is 0.739. The molecule has 0 amide bonds. The largest absolute Gasteiger partial charge is 0.334 e. The van der Waals surface area contributed by atoms with Crippen LogP contribution in [0.3, 0.4) is 0 Å². The Bertz CT molecular complexity index is 944. The molecule has 23 heavy (non-hydrogen) atoms. The van der Waals surface area contributed by atoms with Crippen LogP contribution in [-0.4, -0.2) is 25.0 Å². The lowest BCUT2D eigenvalue weighted by Gasteiger charge is -2.19. The molecule has 0 bridgehead atoms. The van der Waals surface area contributed by atoms with Crippen LogP contribution in [0.1, 0.15) is 12.5 Å². The molecule has 0 fully saturated rings. The highest BCUT2D eigenvalue weighted by Gasteiger charge is 2.21. The third-order valence-electron chi connectivity index (χ3n) is 4.06. The van der Waals surface area contributed by atoms with Crippen LogP contribution in [0.15, 0.2) is 53.7 Å². The summed E-state index contributed by atoms with van der Waals surface area (Å²) in [6.45, 7) is 2.04. The number of aryl methyl sites for hydroxylation is 2. The van der Waals surface area contributed by atoms with Crippen molar-refractivity contribution in [3.8, 4) is 0 Å². The lowest BCUT2D eigenvalue weighted by atomic mass is 10.2. The summed E-state index contributed by atoms with van der Waals surface area (Å²) in [5.41, 5.74) is 3.44. The highest BCUT2D eigenvalue weighted by Crippen LogP contribution is 2.25. The smallest absolute Gasteiger partial charge is 0.264 e. The van der Waals surface area contributed by atoms with E-state index in [1.165, 1.54) is 4.31 Å². The van der Waals surface area contributed by atoms with Gasteiger partial charge in [0.1, 0.15) is 0 Å². The zero-order chi connectivity index (χ0) is 16.6. The van der Waals surface area contributed by atoms with Crippen molar-refractivity contribution in [2.75, 3.05) is 11.4 Å². The number of imidazole rings is 1. The topological polar surface area (TPSA) is 55.2 Å². The number of anilines is 1. The first kappa shape index (κ1) is 15.6.